The van der Waals surface area contributed by atoms with Gasteiger partial charge in [-0.3, -0.25) is 0 Å². The molecule has 0 saturated carbocycles. The summed E-state index contributed by atoms with van der Waals surface area (Å²) in [6.45, 7) is 0. The molecule has 0 saturated heterocycles. The predicted molar refractivity (Wildman–Crippen MR) is 234 cm³/mol. The molecule has 0 radical (unpaired) electrons. The van der Waals surface area contributed by atoms with Crippen molar-refractivity contribution in [3.8, 4) is 56.5 Å². The summed E-state index contributed by atoms with van der Waals surface area (Å²) >= 11 is 0. The summed E-state index contributed by atoms with van der Waals surface area (Å²) in [5.41, 5.74) is 10.9. The molecule has 8 aromatic carbocycles. The Labute approximate surface area is 331 Å². The Morgan fingerprint density at radius 3 is 1.66 bits per heavy atom. The third-order valence-corrected chi connectivity index (χ3v) is 11.1. The van der Waals surface area contributed by atoms with Gasteiger partial charge >= 0.3 is 0 Å². The molecule has 0 amide bonds. The zero-order chi connectivity index (χ0) is 38.2. The number of nitrogens with zero attached hydrogens (tertiary/aromatic N) is 4. The molecule has 0 unspecified atom stereocenters. The van der Waals surface area contributed by atoms with E-state index in [0.29, 0.717) is 17.5 Å². The Bertz CT molecular complexity index is 3560. The zero-order valence-electron chi connectivity index (χ0n) is 30.9. The van der Waals surface area contributed by atoms with E-state index in [-0.39, 0.29) is 0 Å². The number of hydrogen-bond donors (Lipinski definition) is 0. The van der Waals surface area contributed by atoms with E-state index in [9.17, 15) is 0 Å². The molecule has 6 heteroatoms. The molecule has 4 aromatic heterocycles. The second-order valence-electron chi connectivity index (χ2n) is 14.5. The first kappa shape index (κ1) is 32.3. The molecule has 0 atom stereocenters. The molecule has 0 spiro atoms. The van der Waals surface area contributed by atoms with Gasteiger partial charge in [0.1, 0.15) is 22.3 Å². The van der Waals surface area contributed by atoms with Crippen molar-refractivity contribution in [1.82, 2.24) is 19.9 Å². The van der Waals surface area contributed by atoms with Crippen molar-refractivity contribution in [3.63, 3.8) is 0 Å². The first-order valence-corrected chi connectivity index (χ1v) is 19.3. The number of fused-ring (bicyclic) bond motifs is 9. The van der Waals surface area contributed by atoms with E-state index in [2.05, 4.69) is 109 Å². The summed E-state index contributed by atoms with van der Waals surface area (Å²) in [4.78, 5) is 20.5. The van der Waals surface area contributed by atoms with Gasteiger partial charge in [0.2, 0.25) is 0 Å². The van der Waals surface area contributed by atoms with Crippen LogP contribution in [0.3, 0.4) is 0 Å². The Kier molecular flexibility index (Phi) is 7.13. The molecule has 58 heavy (non-hydrogen) atoms. The van der Waals surface area contributed by atoms with Gasteiger partial charge in [0.15, 0.2) is 17.5 Å². The molecule has 0 fully saturated rings. The molecule has 0 bridgehead atoms. The molecule has 4 heterocycles. The van der Waals surface area contributed by atoms with Crippen LogP contribution >= 0.6 is 0 Å². The Morgan fingerprint density at radius 2 is 0.897 bits per heavy atom. The maximum atomic E-state index is 6.58. The van der Waals surface area contributed by atoms with Gasteiger partial charge in [-0.05, 0) is 35.9 Å². The monoisotopic (exact) mass is 742 g/mol. The van der Waals surface area contributed by atoms with E-state index >= 15 is 0 Å². The summed E-state index contributed by atoms with van der Waals surface area (Å²) in [5, 5.41) is 7.52. The minimum atomic E-state index is 0.545. The van der Waals surface area contributed by atoms with Crippen molar-refractivity contribution in [3.05, 3.63) is 182 Å². The van der Waals surface area contributed by atoms with Crippen molar-refractivity contribution in [1.29, 1.82) is 0 Å². The first-order valence-electron chi connectivity index (χ1n) is 19.3. The fraction of sp³-hybridized carbons (Fsp3) is 0. The van der Waals surface area contributed by atoms with E-state index in [4.69, 9.17) is 28.8 Å². The average Bonchev–Trinajstić information content (AvgIpc) is 3.87. The summed E-state index contributed by atoms with van der Waals surface area (Å²) in [6.07, 6.45) is 0. The quantitative estimate of drug-likeness (QED) is 0.163. The highest BCUT2D eigenvalue weighted by molar-refractivity contribution is 6.27. The number of hydrogen-bond acceptors (Lipinski definition) is 6. The predicted octanol–water partition coefficient (Wildman–Crippen LogP) is 13.7. The number of para-hydroxylation sites is 4. The molecule has 270 valence electrons. The molecule has 0 N–H and O–H groups in total. The minimum Gasteiger partial charge on any atom is -0.456 e. The molecule has 6 nitrogen and oxygen atoms in total. The maximum absolute atomic E-state index is 6.58. The topological polar surface area (TPSA) is 77.8 Å². The lowest BCUT2D eigenvalue weighted by Crippen LogP contribution is -2.00. The van der Waals surface area contributed by atoms with Crippen molar-refractivity contribution in [2.45, 2.75) is 0 Å². The van der Waals surface area contributed by atoms with Gasteiger partial charge < -0.3 is 8.83 Å². The van der Waals surface area contributed by atoms with Gasteiger partial charge in [-0.25, -0.2) is 19.9 Å². The Morgan fingerprint density at radius 1 is 0.328 bits per heavy atom. The molecule has 12 aromatic rings. The lowest BCUT2D eigenvalue weighted by molar-refractivity contribution is 0.669. The van der Waals surface area contributed by atoms with Crippen LogP contribution in [0.4, 0.5) is 0 Å². The van der Waals surface area contributed by atoms with E-state index in [1.54, 1.807) is 0 Å². The standard InChI is InChI=1S/C52H30N4O2/c1-3-14-31(15-4-1)45-46-37-19-7-10-23-41(37)53-48(40(46)30-44-47(45)38-20-9-12-25-43(38)57-44)32-26-28-34(29-27-32)51-54-50(33-16-5-2-6-17-33)55-52(56-51)39-22-13-21-36-35-18-8-11-24-42(35)58-49(36)39/h1-30H. The van der Waals surface area contributed by atoms with Crippen LogP contribution in [0.2, 0.25) is 0 Å². The fourth-order valence-electron chi connectivity index (χ4n) is 8.47. The molecule has 0 aliphatic heterocycles. The summed E-state index contributed by atoms with van der Waals surface area (Å²) in [7, 11) is 0. The van der Waals surface area contributed by atoms with E-state index in [1.807, 2.05) is 72.8 Å². The van der Waals surface area contributed by atoms with Crippen molar-refractivity contribution in [2.75, 3.05) is 0 Å². The number of aromatic nitrogens is 4. The lowest BCUT2D eigenvalue weighted by Gasteiger charge is -2.16. The van der Waals surface area contributed by atoms with Crippen LogP contribution in [-0.4, -0.2) is 19.9 Å². The second-order valence-corrected chi connectivity index (χ2v) is 14.5. The van der Waals surface area contributed by atoms with E-state index in [1.165, 1.54) is 0 Å². The lowest BCUT2D eigenvalue weighted by atomic mass is 9.89. The number of benzene rings is 8. The third-order valence-electron chi connectivity index (χ3n) is 11.1. The molecular formula is C52H30N4O2. The molecule has 12 rings (SSSR count). The van der Waals surface area contributed by atoms with Gasteiger partial charge in [-0.15, -0.1) is 0 Å². The SMILES string of the molecule is c1ccc(-c2nc(-c3ccc(-c4nc5ccccc5c5c(-c6ccccc6)c6c(cc45)oc4ccccc46)cc3)nc(-c3cccc4c3oc3ccccc34)n2)cc1. The van der Waals surface area contributed by atoms with Crippen LogP contribution in [0.25, 0.3) is 122 Å². The fourth-order valence-corrected chi connectivity index (χ4v) is 8.47. The van der Waals surface area contributed by atoms with Gasteiger partial charge in [0, 0.05) is 60.0 Å². The first-order chi connectivity index (χ1) is 28.7. The van der Waals surface area contributed by atoms with Gasteiger partial charge in [-0.2, -0.15) is 0 Å². The van der Waals surface area contributed by atoms with Crippen molar-refractivity contribution < 1.29 is 8.83 Å². The Balaban J connectivity index is 1.06. The average molecular weight is 743 g/mol. The van der Waals surface area contributed by atoms with Crippen LogP contribution in [0.15, 0.2) is 191 Å². The summed E-state index contributed by atoms with van der Waals surface area (Å²) < 4.78 is 13.0. The summed E-state index contributed by atoms with van der Waals surface area (Å²) in [5.74, 6) is 1.70. The third kappa shape index (κ3) is 5.05. The van der Waals surface area contributed by atoms with Crippen molar-refractivity contribution in [2.24, 2.45) is 0 Å². The van der Waals surface area contributed by atoms with Crippen LogP contribution < -0.4 is 0 Å². The van der Waals surface area contributed by atoms with Crippen LogP contribution in [0.1, 0.15) is 0 Å². The van der Waals surface area contributed by atoms with Crippen LogP contribution in [0.5, 0.6) is 0 Å². The van der Waals surface area contributed by atoms with Gasteiger partial charge in [-0.1, -0.05) is 152 Å². The smallest absolute Gasteiger partial charge is 0.167 e. The highest BCUT2D eigenvalue weighted by Crippen LogP contribution is 2.46. The minimum absolute atomic E-state index is 0.545. The molecule has 0 aliphatic rings. The normalized spacial score (nSPS) is 11.8. The van der Waals surface area contributed by atoms with E-state index < -0.39 is 0 Å². The van der Waals surface area contributed by atoms with Gasteiger partial charge in [0.05, 0.1) is 16.8 Å². The van der Waals surface area contributed by atoms with E-state index in [0.717, 1.165) is 105 Å². The largest absolute Gasteiger partial charge is 0.456 e. The van der Waals surface area contributed by atoms with Crippen LogP contribution in [-0.2, 0) is 0 Å². The Hall–Kier alpha value is -7.96. The molecular weight excluding hydrogens is 713 g/mol. The maximum Gasteiger partial charge on any atom is 0.167 e. The molecule has 0 aliphatic carbocycles. The number of furan rings is 2. The second kappa shape index (κ2) is 12.8. The highest BCUT2D eigenvalue weighted by Gasteiger charge is 2.22. The summed E-state index contributed by atoms with van der Waals surface area (Å²) in [6, 6.07) is 62.1. The number of rotatable bonds is 5. The number of pyridine rings is 1. The zero-order valence-corrected chi connectivity index (χ0v) is 30.9. The van der Waals surface area contributed by atoms with Crippen molar-refractivity contribution >= 4 is 65.6 Å². The highest BCUT2D eigenvalue weighted by atomic mass is 16.3. The van der Waals surface area contributed by atoms with Crippen LogP contribution in [0, 0.1) is 0 Å². The van der Waals surface area contributed by atoms with Gasteiger partial charge in [0.25, 0.3) is 0 Å².